The number of carbonyl (C=O) groups excluding carboxylic acids is 1. The van der Waals surface area contributed by atoms with Crippen LogP contribution in [-0.2, 0) is 4.79 Å². The van der Waals surface area contributed by atoms with Crippen LogP contribution in [0.5, 0.6) is 0 Å². The summed E-state index contributed by atoms with van der Waals surface area (Å²) in [6.45, 7) is 11.8. The fraction of sp³-hybridized carbons (Fsp3) is 0.476. The summed E-state index contributed by atoms with van der Waals surface area (Å²) in [4.78, 5) is 26.1. The molecule has 2 aromatic rings. The van der Waals surface area contributed by atoms with E-state index in [4.69, 9.17) is 16.6 Å². The van der Waals surface area contributed by atoms with Gasteiger partial charge in [0.25, 0.3) is 0 Å². The molecular weight excluding hydrogens is 374 g/mol. The molecule has 2 heterocycles. The minimum atomic E-state index is -0.0150. The number of piperazine rings is 1. The number of rotatable bonds is 5. The Morgan fingerprint density at radius 3 is 2.57 bits per heavy atom. The van der Waals surface area contributed by atoms with Gasteiger partial charge in [0.05, 0.1) is 6.54 Å². The summed E-state index contributed by atoms with van der Waals surface area (Å²) in [5.41, 5.74) is 2.66. The standard InChI is InChI=1S/C21H28ClN5O/c1-14(2)21-23-15(3)12-19(25-21)27-10-8-26(9-11-27)13-20(28)24-18-7-5-6-17(22)16(18)4/h5-7,12,14H,8-11,13H2,1-4H3,(H,24,28). The Kier molecular flexibility index (Phi) is 6.52. The maximum atomic E-state index is 12.4. The van der Waals surface area contributed by atoms with E-state index in [2.05, 4.69) is 33.9 Å². The van der Waals surface area contributed by atoms with Gasteiger partial charge in [-0.15, -0.1) is 0 Å². The van der Waals surface area contributed by atoms with Crippen LogP contribution in [0, 0.1) is 13.8 Å². The van der Waals surface area contributed by atoms with Gasteiger partial charge in [-0.05, 0) is 31.5 Å². The van der Waals surface area contributed by atoms with Crippen molar-refractivity contribution in [2.75, 3.05) is 42.9 Å². The summed E-state index contributed by atoms with van der Waals surface area (Å²) in [6, 6.07) is 7.58. The van der Waals surface area contributed by atoms with E-state index in [1.807, 2.05) is 38.1 Å². The number of amides is 1. The van der Waals surface area contributed by atoms with Crippen LogP contribution in [0.25, 0.3) is 0 Å². The van der Waals surface area contributed by atoms with Crippen LogP contribution in [0.3, 0.4) is 0 Å². The molecule has 150 valence electrons. The van der Waals surface area contributed by atoms with E-state index in [1.165, 1.54) is 0 Å². The Labute approximate surface area is 171 Å². The number of aromatic nitrogens is 2. The summed E-state index contributed by atoms with van der Waals surface area (Å²) in [5, 5.41) is 3.63. The minimum absolute atomic E-state index is 0.0150. The van der Waals surface area contributed by atoms with Crippen LogP contribution in [-0.4, -0.2) is 53.5 Å². The van der Waals surface area contributed by atoms with Gasteiger partial charge in [0, 0.05) is 54.6 Å². The molecule has 28 heavy (non-hydrogen) atoms. The van der Waals surface area contributed by atoms with Gasteiger partial charge in [0.15, 0.2) is 0 Å². The molecule has 0 radical (unpaired) electrons. The lowest BCUT2D eigenvalue weighted by molar-refractivity contribution is -0.117. The van der Waals surface area contributed by atoms with Crippen LogP contribution in [0.2, 0.25) is 5.02 Å². The first-order chi connectivity index (χ1) is 13.3. The highest BCUT2D eigenvalue weighted by atomic mass is 35.5. The van der Waals surface area contributed by atoms with Gasteiger partial charge in [0.2, 0.25) is 5.91 Å². The second-order valence-corrected chi connectivity index (χ2v) is 8.01. The summed E-state index contributed by atoms with van der Waals surface area (Å²) >= 11 is 6.13. The normalized spacial score (nSPS) is 15.1. The van der Waals surface area contributed by atoms with Crippen molar-refractivity contribution in [1.29, 1.82) is 0 Å². The SMILES string of the molecule is Cc1cc(N2CCN(CC(=O)Nc3cccc(Cl)c3C)CC2)nc(C(C)C)n1. The van der Waals surface area contributed by atoms with Gasteiger partial charge in [-0.25, -0.2) is 9.97 Å². The van der Waals surface area contributed by atoms with Crippen molar-refractivity contribution in [3.05, 3.63) is 46.4 Å². The predicted octanol–water partition coefficient (Wildman–Crippen LogP) is 3.63. The maximum Gasteiger partial charge on any atom is 0.238 e. The second kappa shape index (κ2) is 8.88. The zero-order valence-electron chi connectivity index (χ0n) is 17.0. The van der Waals surface area contributed by atoms with Crippen molar-refractivity contribution in [2.45, 2.75) is 33.6 Å². The summed E-state index contributed by atoms with van der Waals surface area (Å²) in [6.07, 6.45) is 0. The Hall–Kier alpha value is -2.18. The van der Waals surface area contributed by atoms with E-state index in [0.717, 1.165) is 54.8 Å². The summed E-state index contributed by atoms with van der Waals surface area (Å²) < 4.78 is 0. The average molecular weight is 402 g/mol. The molecule has 0 atom stereocenters. The van der Waals surface area contributed by atoms with E-state index in [9.17, 15) is 4.79 Å². The van der Waals surface area contributed by atoms with Crippen molar-refractivity contribution in [3.63, 3.8) is 0 Å². The second-order valence-electron chi connectivity index (χ2n) is 7.60. The highest BCUT2D eigenvalue weighted by molar-refractivity contribution is 6.31. The van der Waals surface area contributed by atoms with Gasteiger partial charge in [-0.2, -0.15) is 0 Å². The Balaban J connectivity index is 1.55. The molecule has 0 aliphatic carbocycles. The third kappa shape index (κ3) is 5.00. The largest absolute Gasteiger partial charge is 0.354 e. The number of nitrogens with one attached hydrogen (secondary N) is 1. The first-order valence-corrected chi connectivity index (χ1v) is 10.1. The van der Waals surface area contributed by atoms with E-state index >= 15 is 0 Å². The summed E-state index contributed by atoms with van der Waals surface area (Å²) in [5.74, 6) is 2.15. The van der Waals surface area contributed by atoms with E-state index in [0.29, 0.717) is 17.5 Å². The number of hydrogen-bond acceptors (Lipinski definition) is 5. The maximum absolute atomic E-state index is 12.4. The highest BCUT2D eigenvalue weighted by Crippen LogP contribution is 2.23. The van der Waals surface area contributed by atoms with Crippen LogP contribution in [0.15, 0.2) is 24.3 Å². The Bertz CT molecular complexity index is 847. The number of anilines is 2. The van der Waals surface area contributed by atoms with Gasteiger partial charge in [-0.3, -0.25) is 9.69 Å². The molecule has 6 nitrogen and oxygen atoms in total. The number of benzene rings is 1. The lowest BCUT2D eigenvalue weighted by Crippen LogP contribution is -2.49. The smallest absolute Gasteiger partial charge is 0.238 e. The molecule has 3 rings (SSSR count). The predicted molar refractivity (Wildman–Crippen MR) is 114 cm³/mol. The van der Waals surface area contributed by atoms with Crippen molar-refractivity contribution in [1.82, 2.24) is 14.9 Å². The number of carbonyl (C=O) groups is 1. The van der Waals surface area contributed by atoms with Gasteiger partial charge in [0.1, 0.15) is 11.6 Å². The van der Waals surface area contributed by atoms with E-state index in [-0.39, 0.29) is 5.91 Å². The zero-order chi connectivity index (χ0) is 20.3. The fourth-order valence-corrected chi connectivity index (χ4v) is 3.44. The molecule has 1 aliphatic heterocycles. The lowest BCUT2D eigenvalue weighted by atomic mass is 10.2. The molecule has 7 heteroatoms. The molecule has 1 fully saturated rings. The van der Waals surface area contributed by atoms with Crippen molar-refractivity contribution >= 4 is 29.0 Å². The molecule has 1 amide bonds. The number of halogens is 1. The minimum Gasteiger partial charge on any atom is -0.354 e. The number of hydrogen-bond donors (Lipinski definition) is 1. The molecule has 1 aliphatic rings. The average Bonchev–Trinajstić information content (AvgIpc) is 2.65. The number of aryl methyl sites for hydroxylation is 1. The van der Waals surface area contributed by atoms with Crippen LogP contribution < -0.4 is 10.2 Å². The third-order valence-electron chi connectivity index (χ3n) is 4.98. The highest BCUT2D eigenvalue weighted by Gasteiger charge is 2.21. The van der Waals surface area contributed by atoms with Crippen molar-refractivity contribution in [2.24, 2.45) is 0 Å². The molecule has 0 saturated carbocycles. The van der Waals surface area contributed by atoms with Crippen molar-refractivity contribution in [3.8, 4) is 0 Å². The number of nitrogens with zero attached hydrogens (tertiary/aromatic N) is 4. The Morgan fingerprint density at radius 2 is 1.89 bits per heavy atom. The fourth-order valence-electron chi connectivity index (χ4n) is 3.27. The zero-order valence-corrected chi connectivity index (χ0v) is 17.8. The van der Waals surface area contributed by atoms with Crippen LogP contribution >= 0.6 is 11.6 Å². The first-order valence-electron chi connectivity index (χ1n) is 9.71. The van der Waals surface area contributed by atoms with Gasteiger partial charge in [-0.1, -0.05) is 31.5 Å². The van der Waals surface area contributed by atoms with Crippen molar-refractivity contribution < 1.29 is 4.79 Å². The topological polar surface area (TPSA) is 61.4 Å². The molecule has 0 unspecified atom stereocenters. The third-order valence-corrected chi connectivity index (χ3v) is 5.39. The molecule has 1 saturated heterocycles. The van der Waals surface area contributed by atoms with E-state index in [1.54, 1.807) is 0 Å². The Morgan fingerprint density at radius 1 is 1.18 bits per heavy atom. The molecular formula is C21H28ClN5O. The van der Waals surface area contributed by atoms with E-state index < -0.39 is 0 Å². The van der Waals surface area contributed by atoms with Crippen LogP contribution in [0.1, 0.15) is 36.8 Å². The van der Waals surface area contributed by atoms with Gasteiger partial charge >= 0.3 is 0 Å². The van der Waals surface area contributed by atoms with Crippen LogP contribution in [0.4, 0.5) is 11.5 Å². The summed E-state index contributed by atoms with van der Waals surface area (Å²) in [7, 11) is 0. The van der Waals surface area contributed by atoms with Gasteiger partial charge < -0.3 is 10.2 Å². The lowest BCUT2D eigenvalue weighted by Gasteiger charge is -2.35. The molecule has 1 N–H and O–H groups in total. The molecule has 1 aromatic heterocycles. The molecule has 0 bridgehead atoms. The first kappa shape index (κ1) is 20.6. The molecule has 1 aromatic carbocycles. The quantitative estimate of drug-likeness (QED) is 0.828. The molecule has 0 spiro atoms. The monoisotopic (exact) mass is 401 g/mol.